The quantitative estimate of drug-likeness (QED) is 0.672. The van der Waals surface area contributed by atoms with Gasteiger partial charge < -0.3 is 5.32 Å². The molecule has 0 bridgehead atoms. The van der Waals surface area contributed by atoms with Gasteiger partial charge in [0.15, 0.2) is 0 Å². The number of nitrogens with zero attached hydrogens (tertiary/aromatic N) is 1. The molecule has 1 saturated carbocycles. The second-order valence-electron chi connectivity index (χ2n) is 7.02. The van der Waals surface area contributed by atoms with Crippen molar-refractivity contribution in [1.82, 2.24) is 10.2 Å². The molecule has 1 N–H and O–H groups in total. The second-order valence-corrected chi connectivity index (χ2v) is 7.02. The van der Waals surface area contributed by atoms with Crippen LogP contribution in [-0.2, 0) is 0 Å². The van der Waals surface area contributed by atoms with Crippen molar-refractivity contribution in [1.29, 1.82) is 0 Å². The average Bonchev–Trinajstić information content (AvgIpc) is 3.23. The van der Waals surface area contributed by atoms with Crippen LogP contribution in [0.2, 0.25) is 0 Å². The van der Waals surface area contributed by atoms with Gasteiger partial charge in [0.25, 0.3) is 0 Å². The molecule has 0 aromatic carbocycles. The van der Waals surface area contributed by atoms with Gasteiger partial charge in [-0.2, -0.15) is 0 Å². The van der Waals surface area contributed by atoms with Gasteiger partial charge in [-0.3, -0.25) is 4.90 Å². The van der Waals surface area contributed by atoms with Gasteiger partial charge in [-0.05, 0) is 45.1 Å². The van der Waals surface area contributed by atoms with E-state index >= 15 is 0 Å². The molecule has 1 heterocycles. The van der Waals surface area contributed by atoms with E-state index in [1.807, 2.05) is 0 Å². The molecule has 19 heavy (non-hydrogen) atoms. The summed E-state index contributed by atoms with van der Waals surface area (Å²) < 4.78 is 0. The van der Waals surface area contributed by atoms with Crippen LogP contribution in [0.1, 0.15) is 72.1 Å². The number of hydrogen-bond donors (Lipinski definition) is 1. The molecular formula is C17H34N2. The molecule has 2 aliphatic rings. The molecule has 2 rings (SSSR count). The van der Waals surface area contributed by atoms with Gasteiger partial charge in [-0.1, -0.05) is 39.5 Å². The van der Waals surface area contributed by atoms with Gasteiger partial charge in [0.05, 0.1) is 0 Å². The largest absolute Gasteiger partial charge is 0.308 e. The summed E-state index contributed by atoms with van der Waals surface area (Å²) >= 11 is 0. The summed E-state index contributed by atoms with van der Waals surface area (Å²) in [7, 11) is 0. The van der Waals surface area contributed by atoms with Gasteiger partial charge >= 0.3 is 0 Å². The summed E-state index contributed by atoms with van der Waals surface area (Å²) in [5, 5.41) is 3.86. The Hall–Kier alpha value is -0.0800. The maximum atomic E-state index is 3.86. The van der Waals surface area contributed by atoms with E-state index in [0.717, 1.165) is 12.0 Å². The highest BCUT2D eigenvalue weighted by Gasteiger charge is 2.45. The molecule has 0 aromatic rings. The van der Waals surface area contributed by atoms with Crippen LogP contribution in [0.25, 0.3) is 0 Å². The molecule has 2 nitrogen and oxygen atoms in total. The molecule has 2 fully saturated rings. The first-order valence-electron chi connectivity index (χ1n) is 8.68. The zero-order valence-electron chi connectivity index (χ0n) is 13.4. The second kappa shape index (κ2) is 7.08. The fourth-order valence-corrected chi connectivity index (χ4v) is 3.66. The SMILES string of the molecule is CCCCCCCN1CC(C)(C2CC2)NCC1CC. The Bertz CT molecular complexity index is 262. The third-order valence-corrected chi connectivity index (χ3v) is 5.29. The summed E-state index contributed by atoms with van der Waals surface area (Å²) in [4.78, 5) is 2.79. The number of piperazine rings is 1. The van der Waals surface area contributed by atoms with Crippen molar-refractivity contribution in [2.24, 2.45) is 5.92 Å². The van der Waals surface area contributed by atoms with E-state index in [-0.39, 0.29) is 0 Å². The number of nitrogens with one attached hydrogen (secondary N) is 1. The molecule has 2 unspecified atom stereocenters. The predicted molar refractivity (Wildman–Crippen MR) is 83.5 cm³/mol. The molecule has 112 valence electrons. The smallest absolute Gasteiger partial charge is 0.0309 e. The molecule has 1 aliphatic heterocycles. The molecule has 0 spiro atoms. The van der Waals surface area contributed by atoms with E-state index in [1.165, 1.54) is 71.0 Å². The van der Waals surface area contributed by atoms with Crippen LogP contribution in [0.15, 0.2) is 0 Å². The van der Waals surface area contributed by atoms with Crippen LogP contribution in [-0.4, -0.2) is 36.1 Å². The zero-order chi connectivity index (χ0) is 13.7. The molecule has 1 saturated heterocycles. The lowest BCUT2D eigenvalue weighted by molar-refractivity contribution is 0.0713. The van der Waals surface area contributed by atoms with E-state index in [2.05, 4.69) is 31.0 Å². The maximum absolute atomic E-state index is 3.86. The van der Waals surface area contributed by atoms with Crippen molar-refractivity contribution in [2.45, 2.75) is 83.7 Å². The predicted octanol–water partition coefficient (Wildman–Crippen LogP) is 3.81. The summed E-state index contributed by atoms with van der Waals surface area (Å²) in [6.07, 6.45) is 11.2. The van der Waals surface area contributed by atoms with Crippen molar-refractivity contribution in [3.05, 3.63) is 0 Å². The van der Waals surface area contributed by atoms with E-state index in [4.69, 9.17) is 0 Å². The minimum absolute atomic E-state index is 0.412. The first-order chi connectivity index (χ1) is 9.19. The Kier molecular flexibility index (Phi) is 5.70. The number of hydrogen-bond acceptors (Lipinski definition) is 2. The van der Waals surface area contributed by atoms with Gasteiger partial charge in [0.1, 0.15) is 0 Å². The summed E-state index contributed by atoms with van der Waals surface area (Å²) in [6, 6.07) is 0.776. The van der Waals surface area contributed by atoms with Crippen LogP contribution in [0.5, 0.6) is 0 Å². The third-order valence-electron chi connectivity index (χ3n) is 5.29. The Labute approximate surface area is 120 Å². The van der Waals surface area contributed by atoms with Gasteiger partial charge in [0.2, 0.25) is 0 Å². The van der Waals surface area contributed by atoms with Crippen LogP contribution >= 0.6 is 0 Å². The fraction of sp³-hybridized carbons (Fsp3) is 1.00. The fourth-order valence-electron chi connectivity index (χ4n) is 3.66. The van der Waals surface area contributed by atoms with E-state index in [0.29, 0.717) is 5.54 Å². The normalized spacial score (nSPS) is 32.7. The van der Waals surface area contributed by atoms with Gasteiger partial charge in [-0.25, -0.2) is 0 Å². The van der Waals surface area contributed by atoms with E-state index in [9.17, 15) is 0 Å². The number of rotatable bonds is 8. The molecule has 2 atom stereocenters. The van der Waals surface area contributed by atoms with Crippen LogP contribution in [0.3, 0.4) is 0 Å². The van der Waals surface area contributed by atoms with Gasteiger partial charge in [-0.15, -0.1) is 0 Å². The molecule has 0 radical (unpaired) electrons. The van der Waals surface area contributed by atoms with Crippen molar-refractivity contribution in [3.8, 4) is 0 Å². The minimum Gasteiger partial charge on any atom is -0.308 e. The zero-order valence-corrected chi connectivity index (χ0v) is 13.4. The monoisotopic (exact) mass is 266 g/mol. The molecule has 0 amide bonds. The Balaban J connectivity index is 1.77. The highest BCUT2D eigenvalue weighted by atomic mass is 15.3. The molecule has 0 aromatic heterocycles. The van der Waals surface area contributed by atoms with Crippen LogP contribution in [0, 0.1) is 5.92 Å². The minimum atomic E-state index is 0.412. The Morgan fingerprint density at radius 3 is 2.47 bits per heavy atom. The summed E-state index contributed by atoms with van der Waals surface area (Å²) in [5.74, 6) is 0.952. The molecule has 1 aliphatic carbocycles. The molecular weight excluding hydrogens is 232 g/mol. The maximum Gasteiger partial charge on any atom is 0.0309 e. The van der Waals surface area contributed by atoms with Crippen molar-refractivity contribution < 1.29 is 0 Å². The van der Waals surface area contributed by atoms with E-state index < -0.39 is 0 Å². The highest BCUT2D eigenvalue weighted by Crippen LogP contribution is 2.41. The Morgan fingerprint density at radius 2 is 1.84 bits per heavy atom. The lowest BCUT2D eigenvalue weighted by Gasteiger charge is -2.46. The van der Waals surface area contributed by atoms with Crippen molar-refractivity contribution in [3.63, 3.8) is 0 Å². The lowest BCUT2D eigenvalue weighted by Crippen LogP contribution is -2.63. The van der Waals surface area contributed by atoms with E-state index in [1.54, 1.807) is 0 Å². The van der Waals surface area contributed by atoms with Crippen molar-refractivity contribution >= 4 is 0 Å². The number of unbranched alkanes of at least 4 members (excludes halogenated alkanes) is 4. The first-order valence-corrected chi connectivity index (χ1v) is 8.68. The topological polar surface area (TPSA) is 15.3 Å². The van der Waals surface area contributed by atoms with Gasteiger partial charge in [0, 0.05) is 24.7 Å². The van der Waals surface area contributed by atoms with Crippen molar-refractivity contribution in [2.75, 3.05) is 19.6 Å². The van der Waals surface area contributed by atoms with Crippen LogP contribution < -0.4 is 5.32 Å². The average molecular weight is 266 g/mol. The lowest BCUT2D eigenvalue weighted by atomic mass is 9.90. The first kappa shape index (κ1) is 15.3. The highest BCUT2D eigenvalue weighted by molar-refractivity contribution is 5.03. The third kappa shape index (κ3) is 4.19. The summed E-state index contributed by atoms with van der Waals surface area (Å²) in [5.41, 5.74) is 0.412. The molecule has 2 heteroatoms. The standard InChI is InChI=1S/C17H34N2/c1-4-6-7-8-9-12-19-14-17(3,15-10-11-15)18-13-16(19)5-2/h15-16,18H,4-14H2,1-3H3. The Morgan fingerprint density at radius 1 is 1.11 bits per heavy atom. The summed E-state index contributed by atoms with van der Waals surface area (Å²) in [6.45, 7) is 10.9. The van der Waals surface area contributed by atoms with Crippen LogP contribution in [0.4, 0.5) is 0 Å².